The molecule has 0 unspecified atom stereocenters. The van der Waals surface area contributed by atoms with Gasteiger partial charge in [-0.05, 0) is 55.3 Å². The van der Waals surface area contributed by atoms with Gasteiger partial charge in [0.15, 0.2) is 5.13 Å². The van der Waals surface area contributed by atoms with Crippen LogP contribution in [0.15, 0.2) is 47.4 Å². The second-order valence-electron chi connectivity index (χ2n) is 6.75. The van der Waals surface area contributed by atoms with Gasteiger partial charge in [-0.25, -0.2) is 13.4 Å². The lowest BCUT2D eigenvalue weighted by Gasteiger charge is -2.30. The molecule has 29 heavy (non-hydrogen) atoms. The highest BCUT2D eigenvalue weighted by atomic mass is 35.5. The average Bonchev–Trinajstić information content (AvgIpc) is 3.09. The van der Waals surface area contributed by atoms with Gasteiger partial charge in [-0.15, -0.1) is 0 Å². The molecule has 1 aliphatic heterocycles. The van der Waals surface area contributed by atoms with Crippen LogP contribution in [0.2, 0.25) is 10.0 Å². The number of halogens is 2. The molecule has 0 radical (unpaired) electrons. The molecule has 4 rings (SSSR count). The van der Waals surface area contributed by atoms with Gasteiger partial charge in [0.25, 0.3) is 0 Å². The van der Waals surface area contributed by atoms with E-state index in [4.69, 9.17) is 23.2 Å². The molecule has 1 aromatic heterocycles. The standard InChI is InChI=1S/C19H17Cl2N3O3S2/c20-13-1-4-15(5-2-13)29(26,27)24-9-7-12(8-10-24)18(25)23-19-22-16-6-3-14(21)11-17(16)28-19/h1-6,11-12H,7-10H2,(H,22,23,25). The van der Waals surface area contributed by atoms with Crippen molar-refractivity contribution in [3.63, 3.8) is 0 Å². The van der Waals surface area contributed by atoms with Gasteiger partial charge in [-0.3, -0.25) is 4.79 Å². The van der Waals surface area contributed by atoms with E-state index in [2.05, 4.69) is 10.3 Å². The Morgan fingerprint density at radius 3 is 2.41 bits per heavy atom. The lowest BCUT2D eigenvalue weighted by Crippen LogP contribution is -2.41. The summed E-state index contributed by atoms with van der Waals surface area (Å²) in [5.74, 6) is -0.402. The maximum absolute atomic E-state index is 12.8. The molecule has 1 aliphatic rings. The van der Waals surface area contributed by atoms with E-state index in [1.807, 2.05) is 12.1 Å². The smallest absolute Gasteiger partial charge is 0.243 e. The van der Waals surface area contributed by atoms with Gasteiger partial charge in [0.2, 0.25) is 15.9 Å². The van der Waals surface area contributed by atoms with Gasteiger partial charge < -0.3 is 5.32 Å². The normalized spacial score (nSPS) is 16.2. The average molecular weight is 470 g/mol. The summed E-state index contributed by atoms with van der Waals surface area (Å²) < 4.78 is 27.8. The highest BCUT2D eigenvalue weighted by Crippen LogP contribution is 2.30. The van der Waals surface area contributed by atoms with Crippen molar-refractivity contribution in [3.8, 4) is 0 Å². The molecule has 0 atom stereocenters. The number of benzene rings is 2. The first-order chi connectivity index (χ1) is 13.8. The second-order valence-corrected chi connectivity index (χ2v) is 10.6. The summed E-state index contributed by atoms with van der Waals surface area (Å²) in [4.78, 5) is 17.2. The lowest BCUT2D eigenvalue weighted by atomic mass is 9.97. The summed E-state index contributed by atoms with van der Waals surface area (Å²) in [5, 5.41) is 4.47. The maximum Gasteiger partial charge on any atom is 0.243 e. The number of sulfonamides is 1. The van der Waals surface area contributed by atoms with Crippen LogP contribution in [0.3, 0.4) is 0 Å². The molecule has 3 aromatic rings. The van der Waals surface area contributed by atoms with Gasteiger partial charge in [0.1, 0.15) is 0 Å². The number of piperidine rings is 1. The van der Waals surface area contributed by atoms with E-state index >= 15 is 0 Å². The molecule has 152 valence electrons. The van der Waals surface area contributed by atoms with Gasteiger partial charge in [-0.1, -0.05) is 34.5 Å². The van der Waals surface area contributed by atoms with Crippen molar-refractivity contribution in [3.05, 3.63) is 52.5 Å². The third kappa shape index (κ3) is 4.41. The van der Waals surface area contributed by atoms with Crippen molar-refractivity contribution in [2.24, 2.45) is 5.92 Å². The molecular formula is C19H17Cl2N3O3S2. The Kier molecular flexibility index (Phi) is 5.81. The number of nitrogens with zero attached hydrogens (tertiary/aromatic N) is 2. The van der Waals surface area contributed by atoms with E-state index in [1.165, 1.54) is 27.8 Å². The van der Waals surface area contributed by atoms with E-state index in [9.17, 15) is 13.2 Å². The van der Waals surface area contributed by atoms with Crippen molar-refractivity contribution in [1.82, 2.24) is 9.29 Å². The number of anilines is 1. The Labute approximate surface area is 182 Å². The zero-order chi connectivity index (χ0) is 20.6. The molecule has 6 nitrogen and oxygen atoms in total. The molecular weight excluding hydrogens is 453 g/mol. The zero-order valence-corrected chi connectivity index (χ0v) is 18.3. The van der Waals surface area contributed by atoms with Crippen LogP contribution in [0.5, 0.6) is 0 Å². The third-order valence-electron chi connectivity index (χ3n) is 4.86. The predicted octanol–water partition coefficient (Wildman–Crippen LogP) is 4.64. The summed E-state index contributed by atoms with van der Waals surface area (Å²) in [6.07, 6.45) is 0.907. The van der Waals surface area contributed by atoms with E-state index in [0.717, 1.165) is 10.2 Å². The molecule has 0 saturated carbocycles. The van der Waals surface area contributed by atoms with Crippen molar-refractivity contribution in [2.45, 2.75) is 17.7 Å². The fourth-order valence-corrected chi connectivity index (χ4v) is 6.01. The van der Waals surface area contributed by atoms with Gasteiger partial charge in [0.05, 0.1) is 15.1 Å². The van der Waals surface area contributed by atoms with Gasteiger partial charge in [-0.2, -0.15) is 4.31 Å². The predicted molar refractivity (Wildman–Crippen MR) is 116 cm³/mol. The minimum Gasteiger partial charge on any atom is -0.302 e. The first kappa shape index (κ1) is 20.6. The van der Waals surface area contributed by atoms with Crippen molar-refractivity contribution < 1.29 is 13.2 Å². The van der Waals surface area contributed by atoms with Crippen LogP contribution in [-0.2, 0) is 14.8 Å². The van der Waals surface area contributed by atoms with Crippen LogP contribution in [0, 0.1) is 5.92 Å². The number of nitrogens with one attached hydrogen (secondary N) is 1. The Bertz CT molecular complexity index is 1160. The number of hydrogen-bond acceptors (Lipinski definition) is 5. The van der Waals surface area contributed by atoms with Gasteiger partial charge in [0, 0.05) is 29.1 Å². The second kappa shape index (κ2) is 8.20. The van der Waals surface area contributed by atoms with Gasteiger partial charge >= 0.3 is 0 Å². The SMILES string of the molecule is O=C(Nc1nc2ccc(Cl)cc2s1)C1CCN(S(=O)(=O)c2ccc(Cl)cc2)CC1. The Morgan fingerprint density at radius 2 is 1.72 bits per heavy atom. The fourth-order valence-electron chi connectivity index (χ4n) is 3.27. The van der Waals surface area contributed by atoms with Crippen LogP contribution < -0.4 is 5.32 Å². The summed E-state index contributed by atoms with van der Waals surface area (Å²) >= 11 is 13.2. The van der Waals surface area contributed by atoms with E-state index in [1.54, 1.807) is 18.2 Å². The summed E-state index contributed by atoms with van der Waals surface area (Å²) in [7, 11) is -3.59. The molecule has 1 amide bonds. The Balaban J connectivity index is 1.39. The number of rotatable bonds is 4. The monoisotopic (exact) mass is 469 g/mol. The van der Waals surface area contributed by atoms with Crippen LogP contribution >= 0.6 is 34.5 Å². The van der Waals surface area contributed by atoms with E-state index in [0.29, 0.717) is 41.1 Å². The maximum atomic E-state index is 12.8. The molecule has 10 heteroatoms. The Hall–Kier alpha value is -1.71. The highest BCUT2D eigenvalue weighted by molar-refractivity contribution is 7.89. The van der Waals surface area contributed by atoms with Crippen molar-refractivity contribution >= 4 is 65.8 Å². The number of fused-ring (bicyclic) bond motifs is 1. The number of carbonyl (C=O) groups excluding carboxylic acids is 1. The van der Waals surface area contributed by atoms with Crippen molar-refractivity contribution in [2.75, 3.05) is 18.4 Å². The molecule has 0 spiro atoms. The number of aromatic nitrogens is 1. The summed E-state index contributed by atoms with van der Waals surface area (Å²) in [5.41, 5.74) is 0.776. The minimum atomic E-state index is -3.59. The molecule has 0 aliphatic carbocycles. The summed E-state index contributed by atoms with van der Waals surface area (Å²) in [6.45, 7) is 0.580. The Morgan fingerprint density at radius 1 is 1.07 bits per heavy atom. The minimum absolute atomic E-state index is 0.140. The highest BCUT2D eigenvalue weighted by Gasteiger charge is 2.32. The largest absolute Gasteiger partial charge is 0.302 e. The molecule has 1 N–H and O–H groups in total. The molecule has 1 saturated heterocycles. The zero-order valence-electron chi connectivity index (χ0n) is 15.1. The summed E-state index contributed by atoms with van der Waals surface area (Å²) in [6, 6.07) is 11.5. The van der Waals surface area contributed by atoms with E-state index < -0.39 is 10.0 Å². The van der Waals surface area contributed by atoms with Crippen LogP contribution in [-0.4, -0.2) is 36.7 Å². The number of carbonyl (C=O) groups is 1. The van der Waals surface area contributed by atoms with Crippen LogP contribution in [0.1, 0.15) is 12.8 Å². The molecule has 2 aromatic carbocycles. The third-order valence-corrected chi connectivity index (χ3v) is 8.19. The molecule has 1 fully saturated rings. The van der Waals surface area contributed by atoms with Crippen molar-refractivity contribution in [1.29, 1.82) is 0 Å². The number of thiazole rings is 1. The topological polar surface area (TPSA) is 79.4 Å². The number of amides is 1. The quantitative estimate of drug-likeness (QED) is 0.603. The van der Waals surface area contributed by atoms with Crippen LogP contribution in [0.4, 0.5) is 5.13 Å². The molecule has 0 bridgehead atoms. The number of hydrogen-bond donors (Lipinski definition) is 1. The fraction of sp³-hybridized carbons (Fsp3) is 0.263. The van der Waals surface area contributed by atoms with Crippen LogP contribution in [0.25, 0.3) is 10.2 Å². The first-order valence-corrected chi connectivity index (χ1v) is 12.0. The lowest BCUT2D eigenvalue weighted by molar-refractivity contribution is -0.120. The molecule has 2 heterocycles. The first-order valence-electron chi connectivity index (χ1n) is 8.95. The van der Waals surface area contributed by atoms with E-state index in [-0.39, 0.29) is 16.7 Å².